The SMILES string of the molecule is CCCC(C)(N)C(=O)N1CCC2(CCOC2)C1.Cl. The van der Waals surface area contributed by atoms with E-state index < -0.39 is 5.54 Å². The summed E-state index contributed by atoms with van der Waals surface area (Å²) in [7, 11) is 0. The highest BCUT2D eigenvalue weighted by Gasteiger charge is 2.45. The summed E-state index contributed by atoms with van der Waals surface area (Å²) >= 11 is 0. The lowest BCUT2D eigenvalue weighted by molar-refractivity contribution is -0.136. The van der Waals surface area contributed by atoms with Crippen molar-refractivity contribution in [1.82, 2.24) is 4.90 Å². The van der Waals surface area contributed by atoms with Gasteiger partial charge in [-0.3, -0.25) is 4.79 Å². The van der Waals surface area contributed by atoms with E-state index in [2.05, 4.69) is 6.92 Å². The van der Waals surface area contributed by atoms with Crippen molar-refractivity contribution >= 4 is 18.3 Å². The van der Waals surface area contributed by atoms with Crippen LogP contribution in [-0.2, 0) is 9.53 Å². The van der Waals surface area contributed by atoms with Crippen LogP contribution in [0.4, 0.5) is 0 Å². The average molecular weight is 277 g/mol. The zero-order chi connectivity index (χ0) is 12.5. The van der Waals surface area contributed by atoms with Crippen LogP contribution < -0.4 is 5.73 Å². The molecule has 2 heterocycles. The van der Waals surface area contributed by atoms with Gasteiger partial charge in [-0.1, -0.05) is 13.3 Å². The molecule has 5 heteroatoms. The van der Waals surface area contributed by atoms with Crippen molar-refractivity contribution in [2.45, 2.75) is 45.1 Å². The lowest BCUT2D eigenvalue weighted by Gasteiger charge is -2.30. The van der Waals surface area contributed by atoms with E-state index in [1.165, 1.54) is 0 Å². The molecule has 18 heavy (non-hydrogen) atoms. The van der Waals surface area contributed by atoms with E-state index >= 15 is 0 Å². The van der Waals surface area contributed by atoms with E-state index in [1.54, 1.807) is 0 Å². The van der Waals surface area contributed by atoms with Gasteiger partial charge in [0.2, 0.25) is 5.91 Å². The van der Waals surface area contributed by atoms with Crippen molar-refractivity contribution in [3.8, 4) is 0 Å². The number of hydrogen-bond acceptors (Lipinski definition) is 3. The molecule has 106 valence electrons. The number of likely N-dealkylation sites (tertiary alicyclic amines) is 1. The Hall–Kier alpha value is -0.320. The molecule has 2 aliphatic heterocycles. The monoisotopic (exact) mass is 276 g/mol. The number of rotatable bonds is 3. The summed E-state index contributed by atoms with van der Waals surface area (Å²) < 4.78 is 5.47. The Balaban J connectivity index is 0.00000162. The van der Waals surface area contributed by atoms with Crippen LogP contribution in [-0.4, -0.2) is 42.6 Å². The summed E-state index contributed by atoms with van der Waals surface area (Å²) in [5.41, 5.74) is 5.65. The number of ether oxygens (including phenoxy) is 1. The first-order chi connectivity index (χ1) is 7.99. The molecular formula is C13H25ClN2O2. The van der Waals surface area contributed by atoms with Gasteiger partial charge in [-0.15, -0.1) is 12.4 Å². The van der Waals surface area contributed by atoms with Crippen molar-refractivity contribution in [2.24, 2.45) is 11.1 Å². The van der Waals surface area contributed by atoms with Gasteiger partial charge in [0.1, 0.15) is 0 Å². The first-order valence-corrected chi connectivity index (χ1v) is 6.65. The summed E-state index contributed by atoms with van der Waals surface area (Å²) in [6.07, 6.45) is 3.86. The van der Waals surface area contributed by atoms with Crippen LogP contribution in [0.15, 0.2) is 0 Å². The van der Waals surface area contributed by atoms with Crippen molar-refractivity contribution in [2.75, 3.05) is 26.3 Å². The molecule has 2 rings (SSSR count). The molecule has 2 unspecified atom stereocenters. The molecule has 0 aromatic heterocycles. The van der Waals surface area contributed by atoms with Crippen LogP contribution in [0.5, 0.6) is 0 Å². The lowest BCUT2D eigenvalue weighted by atomic mass is 9.87. The van der Waals surface area contributed by atoms with Crippen molar-refractivity contribution in [3.05, 3.63) is 0 Å². The molecule has 2 saturated heterocycles. The molecular weight excluding hydrogens is 252 g/mol. The van der Waals surface area contributed by atoms with E-state index in [9.17, 15) is 4.79 Å². The van der Waals surface area contributed by atoms with Gasteiger partial charge in [-0.2, -0.15) is 0 Å². The van der Waals surface area contributed by atoms with Gasteiger partial charge < -0.3 is 15.4 Å². The normalized spacial score (nSPS) is 30.3. The van der Waals surface area contributed by atoms with E-state index in [0.717, 1.165) is 52.0 Å². The molecule has 2 aliphatic rings. The molecule has 4 nitrogen and oxygen atoms in total. The van der Waals surface area contributed by atoms with Crippen LogP contribution in [0.3, 0.4) is 0 Å². The maximum atomic E-state index is 12.4. The first-order valence-electron chi connectivity index (χ1n) is 6.65. The Morgan fingerprint density at radius 2 is 2.22 bits per heavy atom. The maximum Gasteiger partial charge on any atom is 0.242 e. The lowest BCUT2D eigenvalue weighted by Crippen LogP contribution is -2.53. The van der Waals surface area contributed by atoms with Crippen molar-refractivity contribution in [3.63, 3.8) is 0 Å². The second-order valence-electron chi connectivity index (χ2n) is 5.95. The minimum absolute atomic E-state index is 0. The van der Waals surface area contributed by atoms with Crippen molar-refractivity contribution in [1.29, 1.82) is 0 Å². The van der Waals surface area contributed by atoms with E-state index in [0.29, 0.717) is 0 Å². The Morgan fingerprint density at radius 1 is 1.50 bits per heavy atom. The van der Waals surface area contributed by atoms with Crippen LogP contribution >= 0.6 is 12.4 Å². The number of halogens is 1. The van der Waals surface area contributed by atoms with Gasteiger partial charge >= 0.3 is 0 Å². The molecule has 2 N–H and O–H groups in total. The third kappa shape index (κ3) is 2.98. The quantitative estimate of drug-likeness (QED) is 0.851. The second-order valence-corrected chi connectivity index (χ2v) is 5.95. The van der Waals surface area contributed by atoms with Gasteiger partial charge in [0, 0.05) is 25.1 Å². The topological polar surface area (TPSA) is 55.6 Å². The number of carbonyl (C=O) groups excluding carboxylic acids is 1. The second kappa shape index (κ2) is 5.76. The number of amides is 1. The fourth-order valence-electron chi connectivity index (χ4n) is 3.07. The van der Waals surface area contributed by atoms with Gasteiger partial charge in [0.25, 0.3) is 0 Å². The minimum atomic E-state index is -0.695. The molecule has 0 aromatic carbocycles. The molecule has 0 aromatic rings. The van der Waals surface area contributed by atoms with Crippen molar-refractivity contribution < 1.29 is 9.53 Å². The van der Waals surface area contributed by atoms with Crippen LogP contribution in [0.2, 0.25) is 0 Å². The van der Waals surface area contributed by atoms with Gasteiger partial charge in [-0.05, 0) is 26.2 Å². The summed E-state index contributed by atoms with van der Waals surface area (Å²) in [5, 5.41) is 0. The highest BCUT2D eigenvalue weighted by atomic mass is 35.5. The van der Waals surface area contributed by atoms with E-state index in [1.807, 2.05) is 11.8 Å². The Morgan fingerprint density at radius 3 is 2.78 bits per heavy atom. The summed E-state index contributed by atoms with van der Waals surface area (Å²) in [4.78, 5) is 14.3. The number of nitrogens with two attached hydrogens (primary N) is 1. The molecule has 0 aliphatic carbocycles. The maximum absolute atomic E-state index is 12.4. The zero-order valence-corrected chi connectivity index (χ0v) is 12.2. The molecule has 1 amide bonds. The molecule has 2 fully saturated rings. The fraction of sp³-hybridized carbons (Fsp3) is 0.923. The molecule has 0 saturated carbocycles. The Kier molecular flexibility index (Phi) is 5.04. The summed E-state index contributed by atoms with van der Waals surface area (Å²) in [6, 6.07) is 0. The summed E-state index contributed by atoms with van der Waals surface area (Å²) in [6.45, 7) is 7.26. The van der Waals surface area contributed by atoms with Crippen LogP contribution in [0, 0.1) is 5.41 Å². The van der Waals surface area contributed by atoms with Crippen LogP contribution in [0.1, 0.15) is 39.5 Å². The number of nitrogens with zero attached hydrogens (tertiary/aromatic N) is 1. The number of hydrogen-bond donors (Lipinski definition) is 1. The predicted molar refractivity (Wildman–Crippen MR) is 73.8 cm³/mol. The highest BCUT2D eigenvalue weighted by molar-refractivity contribution is 5.86. The molecule has 1 spiro atoms. The Bertz CT molecular complexity index is 301. The van der Waals surface area contributed by atoms with Gasteiger partial charge in [-0.25, -0.2) is 0 Å². The largest absolute Gasteiger partial charge is 0.381 e. The minimum Gasteiger partial charge on any atom is -0.381 e. The van der Waals surface area contributed by atoms with Crippen LogP contribution in [0.25, 0.3) is 0 Å². The molecule has 0 radical (unpaired) electrons. The highest BCUT2D eigenvalue weighted by Crippen LogP contribution is 2.38. The van der Waals surface area contributed by atoms with E-state index in [4.69, 9.17) is 10.5 Å². The fourth-order valence-corrected chi connectivity index (χ4v) is 3.07. The standard InChI is InChI=1S/C13H24N2O2.ClH/c1-3-4-12(2,14)11(16)15-7-5-13(9-15)6-8-17-10-13;/h3-10,14H2,1-2H3;1H. The molecule has 0 bridgehead atoms. The average Bonchev–Trinajstić information content (AvgIpc) is 2.89. The third-order valence-electron chi connectivity index (χ3n) is 4.17. The summed E-state index contributed by atoms with van der Waals surface area (Å²) in [5.74, 6) is 0.114. The smallest absolute Gasteiger partial charge is 0.242 e. The van der Waals surface area contributed by atoms with Gasteiger partial charge in [0.15, 0.2) is 0 Å². The number of carbonyl (C=O) groups is 1. The van der Waals surface area contributed by atoms with E-state index in [-0.39, 0.29) is 23.7 Å². The zero-order valence-electron chi connectivity index (χ0n) is 11.4. The third-order valence-corrected chi connectivity index (χ3v) is 4.17. The predicted octanol–water partition coefficient (Wildman–Crippen LogP) is 1.56. The molecule has 2 atom stereocenters. The first kappa shape index (κ1) is 15.7. The Labute approximate surface area is 116 Å². The van der Waals surface area contributed by atoms with Gasteiger partial charge in [0.05, 0.1) is 12.1 Å².